The Kier molecular flexibility index (Phi) is 6.13. The second kappa shape index (κ2) is 8.99. The number of anilines is 2. The summed E-state index contributed by atoms with van der Waals surface area (Å²) in [5, 5.41) is 15.6. The molecule has 2 atom stereocenters. The maximum atomic E-state index is 12.2. The molecule has 5 rings (SSSR count). The molecule has 0 unspecified atom stereocenters. The molecule has 35 heavy (non-hydrogen) atoms. The van der Waals surface area contributed by atoms with E-state index in [2.05, 4.69) is 40.4 Å². The maximum absolute atomic E-state index is 12.2. The predicted molar refractivity (Wildman–Crippen MR) is 137 cm³/mol. The van der Waals surface area contributed by atoms with Crippen molar-refractivity contribution in [2.45, 2.75) is 64.9 Å². The van der Waals surface area contributed by atoms with E-state index >= 15 is 0 Å². The van der Waals surface area contributed by atoms with Crippen LogP contribution in [0.4, 0.5) is 11.6 Å². The molecule has 8 heteroatoms. The van der Waals surface area contributed by atoms with Crippen molar-refractivity contribution in [1.29, 1.82) is 0 Å². The summed E-state index contributed by atoms with van der Waals surface area (Å²) < 4.78 is 5.00. The molecule has 2 heterocycles. The van der Waals surface area contributed by atoms with Crippen LogP contribution in [0.3, 0.4) is 0 Å². The van der Waals surface area contributed by atoms with Crippen molar-refractivity contribution in [1.82, 2.24) is 15.0 Å². The highest BCUT2D eigenvalue weighted by Gasteiger charge is 2.49. The lowest BCUT2D eigenvalue weighted by atomic mass is 9.63. The van der Waals surface area contributed by atoms with Crippen LogP contribution in [0.25, 0.3) is 10.4 Å². The highest BCUT2D eigenvalue weighted by molar-refractivity contribution is 7.15. The molecule has 3 aromatic rings. The Labute approximate surface area is 210 Å². The van der Waals surface area contributed by atoms with Gasteiger partial charge in [-0.1, -0.05) is 19.9 Å². The minimum Gasteiger partial charge on any atom is -0.469 e. The Morgan fingerprint density at radius 1 is 1.20 bits per heavy atom. The molecular formula is C27H32N4O3S. The number of carbonyl (C=O) groups is 1. The van der Waals surface area contributed by atoms with Crippen molar-refractivity contribution in [3.05, 3.63) is 52.4 Å². The first-order valence-electron chi connectivity index (χ1n) is 12.2. The molecule has 7 nitrogen and oxygen atoms in total. The summed E-state index contributed by atoms with van der Waals surface area (Å²) in [5.41, 5.74) is 4.01. The molecule has 1 saturated carbocycles. The SMILES string of the molecule is COC(=O)[C@H]1CC[C@](O)(c2ncc(-c3cc(C)cc(Nc4ncc5c(n4)CCC5)c3)s2)CC1(C)C. The Morgan fingerprint density at radius 3 is 2.80 bits per heavy atom. The first-order chi connectivity index (χ1) is 16.7. The Balaban J connectivity index is 1.38. The normalized spacial score (nSPS) is 23.1. The molecule has 2 aromatic heterocycles. The fraction of sp³-hybridized carbons (Fsp3) is 0.481. The second-order valence-corrected chi connectivity index (χ2v) is 11.6. The van der Waals surface area contributed by atoms with Crippen LogP contribution >= 0.6 is 11.3 Å². The van der Waals surface area contributed by atoms with E-state index < -0.39 is 5.60 Å². The van der Waals surface area contributed by atoms with E-state index in [1.807, 2.05) is 26.2 Å². The van der Waals surface area contributed by atoms with Gasteiger partial charge in [-0.25, -0.2) is 15.0 Å². The van der Waals surface area contributed by atoms with Crippen LogP contribution in [0.2, 0.25) is 0 Å². The summed E-state index contributed by atoms with van der Waals surface area (Å²) in [5.74, 6) is 0.189. The van der Waals surface area contributed by atoms with Gasteiger partial charge >= 0.3 is 5.97 Å². The van der Waals surface area contributed by atoms with Crippen LogP contribution < -0.4 is 5.32 Å². The van der Waals surface area contributed by atoms with Gasteiger partial charge in [0.2, 0.25) is 5.95 Å². The highest BCUT2D eigenvalue weighted by atomic mass is 32.1. The monoisotopic (exact) mass is 492 g/mol. The predicted octanol–water partition coefficient (Wildman–Crippen LogP) is 5.33. The van der Waals surface area contributed by atoms with Crippen molar-refractivity contribution in [3.8, 4) is 10.4 Å². The molecule has 2 aliphatic carbocycles. The molecule has 2 N–H and O–H groups in total. The molecular weight excluding hydrogens is 460 g/mol. The van der Waals surface area contributed by atoms with E-state index in [4.69, 9.17) is 9.72 Å². The smallest absolute Gasteiger partial charge is 0.309 e. The first kappa shape index (κ1) is 23.9. The molecule has 0 radical (unpaired) electrons. The lowest BCUT2D eigenvalue weighted by molar-refractivity contribution is -0.157. The summed E-state index contributed by atoms with van der Waals surface area (Å²) >= 11 is 1.51. The molecule has 184 valence electrons. The van der Waals surface area contributed by atoms with Gasteiger partial charge in [-0.15, -0.1) is 11.3 Å². The van der Waals surface area contributed by atoms with E-state index in [0.717, 1.165) is 46.6 Å². The lowest BCUT2D eigenvalue weighted by Crippen LogP contribution is -2.45. The second-order valence-electron chi connectivity index (χ2n) is 10.6. The number of nitrogens with zero attached hydrogens (tertiary/aromatic N) is 3. The van der Waals surface area contributed by atoms with Gasteiger partial charge in [0.05, 0.1) is 17.9 Å². The van der Waals surface area contributed by atoms with Gasteiger partial charge in [0.1, 0.15) is 10.6 Å². The van der Waals surface area contributed by atoms with Gasteiger partial charge in [0.15, 0.2) is 0 Å². The number of nitrogens with one attached hydrogen (secondary N) is 1. The van der Waals surface area contributed by atoms with E-state index in [-0.39, 0.29) is 17.3 Å². The number of fused-ring (bicyclic) bond motifs is 1. The fourth-order valence-corrected chi connectivity index (χ4v) is 6.64. The number of esters is 1. The van der Waals surface area contributed by atoms with Crippen molar-refractivity contribution in [2.24, 2.45) is 11.3 Å². The largest absolute Gasteiger partial charge is 0.469 e. The van der Waals surface area contributed by atoms with Gasteiger partial charge in [0.25, 0.3) is 0 Å². The number of aromatic nitrogens is 3. The highest BCUT2D eigenvalue weighted by Crippen LogP contribution is 2.51. The zero-order valence-electron chi connectivity index (χ0n) is 20.7. The summed E-state index contributed by atoms with van der Waals surface area (Å²) in [6.45, 7) is 6.10. The number of methoxy groups -OCH3 is 1. The standard InChI is InChI=1S/C27H32N4O3S/c1-16-10-18(12-19(11-16)30-25-29-13-17-6-5-7-21(17)31-25)22-14-28-24(35-22)27(33)9-8-20(23(32)34-4)26(2,3)15-27/h10-14,20,33H,5-9,15H2,1-4H3,(H,29,30,31)/t20-,27-/m1/s1. The van der Waals surface area contributed by atoms with E-state index in [1.54, 1.807) is 0 Å². The van der Waals surface area contributed by atoms with Gasteiger partial charge in [-0.2, -0.15) is 0 Å². The fourth-order valence-electron chi connectivity index (χ4n) is 5.62. The van der Waals surface area contributed by atoms with E-state index in [0.29, 0.717) is 30.2 Å². The van der Waals surface area contributed by atoms with Gasteiger partial charge in [-0.05, 0) is 79.7 Å². The third kappa shape index (κ3) is 4.69. The molecule has 1 aromatic carbocycles. The number of ether oxygens (including phenoxy) is 1. The molecule has 0 spiro atoms. The quantitative estimate of drug-likeness (QED) is 0.465. The van der Waals surface area contributed by atoms with Crippen LogP contribution in [0.5, 0.6) is 0 Å². The Bertz CT molecular complexity index is 1270. The average Bonchev–Trinajstić information content (AvgIpc) is 3.47. The van der Waals surface area contributed by atoms with Crippen LogP contribution in [-0.2, 0) is 28.0 Å². The van der Waals surface area contributed by atoms with Crippen LogP contribution in [0.1, 0.15) is 61.4 Å². The number of aryl methyl sites for hydroxylation is 3. The van der Waals surface area contributed by atoms with Crippen LogP contribution in [-0.4, -0.2) is 33.1 Å². The molecule has 0 amide bonds. The number of hydrogen-bond acceptors (Lipinski definition) is 8. The third-order valence-corrected chi connectivity index (χ3v) is 8.60. The molecule has 0 saturated heterocycles. The minimum absolute atomic E-state index is 0.205. The van der Waals surface area contributed by atoms with Crippen molar-refractivity contribution < 1.29 is 14.6 Å². The molecule has 0 aliphatic heterocycles. The van der Waals surface area contributed by atoms with Gasteiger partial charge in [-0.3, -0.25) is 4.79 Å². The summed E-state index contributed by atoms with van der Waals surface area (Å²) in [4.78, 5) is 27.0. The van der Waals surface area contributed by atoms with Gasteiger partial charge < -0.3 is 15.2 Å². The lowest BCUT2D eigenvalue weighted by Gasteiger charge is -2.44. The minimum atomic E-state index is -1.06. The van der Waals surface area contributed by atoms with Crippen LogP contribution in [0.15, 0.2) is 30.6 Å². The molecule has 1 fully saturated rings. The summed E-state index contributed by atoms with van der Waals surface area (Å²) in [7, 11) is 1.42. The van der Waals surface area contributed by atoms with Crippen molar-refractivity contribution in [3.63, 3.8) is 0 Å². The summed E-state index contributed by atoms with van der Waals surface area (Å²) in [6.07, 6.45) is 8.50. The Hall–Kier alpha value is -2.84. The third-order valence-electron chi connectivity index (χ3n) is 7.36. The Morgan fingerprint density at radius 2 is 2.03 bits per heavy atom. The summed E-state index contributed by atoms with van der Waals surface area (Å²) in [6, 6.07) is 6.27. The number of thiazole rings is 1. The molecule has 0 bridgehead atoms. The van der Waals surface area contributed by atoms with Crippen molar-refractivity contribution >= 4 is 28.9 Å². The zero-order valence-corrected chi connectivity index (χ0v) is 21.5. The van der Waals surface area contributed by atoms with E-state index in [9.17, 15) is 9.90 Å². The van der Waals surface area contributed by atoms with Crippen LogP contribution in [0, 0.1) is 18.3 Å². The maximum Gasteiger partial charge on any atom is 0.309 e. The first-order valence-corrected chi connectivity index (χ1v) is 13.0. The number of rotatable bonds is 5. The number of aliphatic hydroxyl groups is 1. The average molecular weight is 493 g/mol. The van der Waals surface area contributed by atoms with E-state index in [1.165, 1.54) is 24.0 Å². The zero-order chi connectivity index (χ0) is 24.8. The number of carbonyl (C=O) groups excluding carboxylic acids is 1. The van der Waals surface area contributed by atoms with Gasteiger partial charge in [0, 0.05) is 23.8 Å². The van der Waals surface area contributed by atoms with Crippen molar-refractivity contribution in [2.75, 3.05) is 12.4 Å². The number of hydrogen-bond donors (Lipinski definition) is 2. The number of benzene rings is 1. The molecule has 2 aliphatic rings. The topological polar surface area (TPSA) is 97.2 Å².